The van der Waals surface area contributed by atoms with Gasteiger partial charge in [0.1, 0.15) is 5.75 Å². The zero-order valence-corrected chi connectivity index (χ0v) is 14.0. The van der Waals surface area contributed by atoms with Gasteiger partial charge in [-0.15, -0.1) is 0 Å². The van der Waals surface area contributed by atoms with E-state index in [9.17, 15) is 9.59 Å². The fourth-order valence-corrected chi connectivity index (χ4v) is 2.86. The number of rotatable bonds is 2. The number of carbonyl (C=O) groups is 2. The summed E-state index contributed by atoms with van der Waals surface area (Å²) in [6.07, 6.45) is -0.757. The van der Waals surface area contributed by atoms with E-state index in [1.807, 2.05) is 24.3 Å². The highest BCUT2D eigenvalue weighted by Crippen LogP contribution is 2.33. The number of hydrogen-bond donors (Lipinski definition) is 1. The summed E-state index contributed by atoms with van der Waals surface area (Å²) in [5, 5.41) is 2.81. The molecule has 0 saturated carbocycles. The number of halogens is 1. The van der Waals surface area contributed by atoms with Crippen molar-refractivity contribution < 1.29 is 14.3 Å². The van der Waals surface area contributed by atoms with E-state index in [1.54, 1.807) is 29.2 Å². The molecule has 0 aliphatic carbocycles. The first-order valence-corrected chi connectivity index (χ1v) is 7.94. The Kier molecular flexibility index (Phi) is 4.34. The van der Waals surface area contributed by atoms with Crippen molar-refractivity contribution in [2.45, 2.75) is 13.0 Å². The number of fused-ring (bicyclic) bond motifs is 1. The maximum Gasteiger partial charge on any atom is 0.267 e. The molecule has 0 bridgehead atoms. The predicted octanol–water partition coefficient (Wildman–Crippen LogP) is 3.20. The molecular weight excluding hydrogens is 360 g/mol. The fraction of sp³-hybridized carbons (Fsp3) is 0.176. The van der Waals surface area contributed by atoms with Crippen molar-refractivity contribution in [1.29, 1.82) is 0 Å². The zero-order valence-electron chi connectivity index (χ0n) is 12.5. The molecule has 2 aromatic carbocycles. The molecule has 0 aromatic heterocycles. The van der Waals surface area contributed by atoms with Crippen LogP contribution in [0, 0.1) is 0 Å². The Bertz CT molecular complexity index is 763. The Hall–Kier alpha value is -2.34. The molecule has 0 radical (unpaired) electrons. The molecule has 1 atom stereocenters. The molecule has 5 nitrogen and oxygen atoms in total. The van der Waals surface area contributed by atoms with Gasteiger partial charge < -0.3 is 15.0 Å². The van der Waals surface area contributed by atoms with Crippen LogP contribution in [0.1, 0.15) is 6.92 Å². The molecule has 1 heterocycles. The minimum absolute atomic E-state index is 0.124. The zero-order chi connectivity index (χ0) is 16.4. The van der Waals surface area contributed by atoms with Gasteiger partial charge in [0.05, 0.1) is 12.2 Å². The Balaban J connectivity index is 1.81. The lowest BCUT2D eigenvalue weighted by Crippen LogP contribution is -2.48. The molecule has 2 amide bonds. The number of nitrogens with zero attached hydrogens (tertiary/aromatic N) is 1. The Morgan fingerprint density at radius 3 is 2.74 bits per heavy atom. The van der Waals surface area contributed by atoms with Gasteiger partial charge in [0, 0.05) is 17.1 Å². The first-order valence-electron chi connectivity index (χ1n) is 7.15. The summed E-state index contributed by atoms with van der Waals surface area (Å²) >= 11 is 3.36. The van der Waals surface area contributed by atoms with Crippen molar-refractivity contribution in [1.82, 2.24) is 0 Å². The van der Waals surface area contributed by atoms with E-state index in [0.29, 0.717) is 17.1 Å². The Morgan fingerprint density at radius 2 is 2.00 bits per heavy atom. The van der Waals surface area contributed by atoms with Gasteiger partial charge >= 0.3 is 0 Å². The summed E-state index contributed by atoms with van der Waals surface area (Å²) < 4.78 is 6.63. The van der Waals surface area contributed by atoms with E-state index in [0.717, 1.165) is 4.47 Å². The highest BCUT2D eigenvalue weighted by atomic mass is 79.9. The Morgan fingerprint density at radius 1 is 1.22 bits per heavy atom. The van der Waals surface area contributed by atoms with Crippen LogP contribution in [-0.4, -0.2) is 24.5 Å². The lowest BCUT2D eigenvalue weighted by Gasteiger charge is -2.33. The number of anilines is 2. The third kappa shape index (κ3) is 3.37. The number of para-hydroxylation sites is 2. The maximum atomic E-state index is 12.5. The minimum atomic E-state index is -0.757. The van der Waals surface area contributed by atoms with E-state index in [-0.39, 0.29) is 18.4 Å². The quantitative estimate of drug-likeness (QED) is 0.877. The second-order valence-corrected chi connectivity index (χ2v) is 6.12. The summed E-state index contributed by atoms with van der Waals surface area (Å²) in [5.74, 6) is 0.119. The third-order valence-corrected chi connectivity index (χ3v) is 4.03. The van der Waals surface area contributed by atoms with Crippen molar-refractivity contribution in [3.8, 4) is 5.75 Å². The van der Waals surface area contributed by atoms with Gasteiger partial charge in [-0.25, -0.2) is 0 Å². The molecule has 2 aromatic rings. The number of carbonyl (C=O) groups excluding carboxylic acids is 2. The summed E-state index contributed by atoms with van der Waals surface area (Å²) in [6, 6.07) is 14.5. The van der Waals surface area contributed by atoms with Gasteiger partial charge in [0.25, 0.3) is 5.91 Å². The van der Waals surface area contributed by atoms with Crippen molar-refractivity contribution >= 4 is 39.1 Å². The first-order chi connectivity index (χ1) is 11.0. The topological polar surface area (TPSA) is 58.6 Å². The van der Waals surface area contributed by atoms with Gasteiger partial charge in [-0.05, 0) is 30.3 Å². The molecule has 23 heavy (non-hydrogen) atoms. The third-order valence-electron chi connectivity index (χ3n) is 3.54. The van der Waals surface area contributed by atoms with E-state index in [4.69, 9.17) is 4.74 Å². The molecule has 1 N–H and O–H groups in total. The molecule has 0 fully saturated rings. The van der Waals surface area contributed by atoms with Gasteiger partial charge in [0.2, 0.25) is 5.91 Å². The SMILES string of the molecule is CC(=O)N1C[C@@H](C(=O)Nc2cccc(Br)c2)Oc2ccccc21. The van der Waals surface area contributed by atoms with Crippen molar-refractivity contribution in [3.63, 3.8) is 0 Å². The van der Waals surface area contributed by atoms with Crippen LogP contribution in [0.5, 0.6) is 5.75 Å². The fourth-order valence-electron chi connectivity index (χ4n) is 2.46. The lowest BCUT2D eigenvalue weighted by atomic mass is 10.1. The average Bonchev–Trinajstić information content (AvgIpc) is 2.53. The highest BCUT2D eigenvalue weighted by Gasteiger charge is 2.32. The van der Waals surface area contributed by atoms with Crippen LogP contribution >= 0.6 is 15.9 Å². The first kappa shape index (κ1) is 15.6. The van der Waals surface area contributed by atoms with Crippen molar-refractivity contribution in [2.24, 2.45) is 0 Å². The minimum Gasteiger partial charge on any atom is -0.476 e. The van der Waals surface area contributed by atoms with Crippen LogP contribution < -0.4 is 15.0 Å². The highest BCUT2D eigenvalue weighted by molar-refractivity contribution is 9.10. The summed E-state index contributed by atoms with van der Waals surface area (Å²) in [6.45, 7) is 1.66. The van der Waals surface area contributed by atoms with Gasteiger partial charge in [-0.3, -0.25) is 9.59 Å². The molecule has 0 spiro atoms. The molecule has 0 unspecified atom stereocenters. The molecular formula is C17H15BrN2O3. The number of hydrogen-bond acceptors (Lipinski definition) is 3. The molecule has 1 aliphatic rings. The van der Waals surface area contributed by atoms with Crippen molar-refractivity contribution in [3.05, 3.63) is 53.0 Å². The number of nitrogens with one attached hydrogen (secondary N) is 1. The summed E-state index contributed by atoms with van der Waals surface area (Å²) in [4.78, 5) is 25.9. The smallest absolute Gasteiger partial charge is 0.267 e. The molecule has 118 valence electrons. The van der Waals surface area contributed by atoms with Crippen LogP contribution in [0.2, 0.25) is 0 Å². The van der Waals surface area contributed by atoms with Crippen LogP contribution in [0.3, 0.4) is 0 Å². The van der Waals surface area contributed by atoms with E-state index >= 15 is 0 Å². The second kappa shape index (κ2) is 6.42. The average molecular weight is 375 g/mol. The number of ether oxygens (including phenoxy) is 1. The van der Waals surface area contributed by atoms with Gasteiger partial charge in [0.15, 0.2) is 6.10 Å². The van der Waals surface area contributed by atoms with E-state index < -0.39 is 6.10 Å². The van der Waals surface area contributed by atoms with Crippen LogP contribution in [0.4, 0.5) is 11.4 Å². The summed E-state index contributed by atoms with van der Waals surface area (Å²) in [5.41, 5.74) is 1.35. The summed E-state index contributed by atoms with van der Waals surface area (Å²) in [7, 11) is 0. The monoisotopic (exact) mass is 374 g/mol. The lowest BCUT2D eigenvalue weighted by molar-refractivity contribution is -0.123. The largest absolute Gasteiger partial charge is 0.476 e. The normalized spacial score (nSPS) is 16.3. The molecule has 0 saturated heterocycles. The second-order valence-electron chi connectivity index (χ2n) is 5.20. The molecule has 3 rings (SSSR count). The van der Waals surface area contributed by atoms with Crippen LogP contribution in [-0.2, 0) is 9.59 Å². The van der Waals surface area contributed by atoms with Crippen molar-refractivity contribution in [2.75, 3.05) is 16.8 Å². The molecule has 1 aliphatic heterocycles. The van der Waals surface area contributed by atoms with Gasteiger partial charge in [-0.2, -0.15) is 0 Å². The van der Waals surface area contributed by atoms with E-state index in [1.165, 1.54) is 6.92 Å². The van der Waals surface area contributed by atoms with Gasteiger partial charge in [-0.1, -0.05) is 34.1 Å². The number of benzene rings is 2. The predicted molar refractivity (Wildman–Crippen MR) is 91.7 cm³/mol. The van der Waals surface area contributed by atoms with Crippen LogP contribution in [0.15, 0.2) is 53.0 Å². The van der Waals surface area contributed by atoms with E-state index in [2.05, 4.69) is 21.2 Å². The number of amides is 2. The Labute approximate surface area is 142 Å². The molecule has 6 heteroatoms. The standard InChI is InChI=1S/C17H15BrN2O3/c1-11(21)20-10-16(23-15-8-3-2-7-14(15)20)17(22)19-13-6-4-5-12(18)9-13/h2-9,16H,10H2,1H3,(H,19,22)/t16-/m0/s1. The van der Waals surface area contributed by atoms with Crippen LogP contribution in [0.25, 0.3) is 0 Å². The maximum absolute atomic E-state index is 12.5.